The number of hydrogen-bond acceptors (Lipinski definition) is 6. The van der Waals surface area contributed by atoms with Gasteiger partial charge in [-0.3, -0.25) is 19.3 Å². The van der Waals surface area contributed by atoms with E-state index in [9.17, 15) is 19.2 Å². The van der Waals surface area contributed by atoms with Gasteiger partial charge in [-0.25, -0.2) is 4.79 Å². The number of hydrogen-bond donors (Lipinski definition) is 0. The summed E-state index contributed by atoms with van der Waals surface area (Å²) < 4.78 is 5.18. The molecule has 0 radical (unpaired) electrons. The van der Waals surface area contributed by atoms with Gasteiger partial charge in [0.2, 0.25) is 0 Å². The molecule has 0 N–H and O–H groups in total. The summed E-state index contributed by atoms with van der Waals surface area (Å²) in [5.74, 6) is -1.68. The van der Waals surface area contributed by atoms with Crippen molar-refractivity contribution in [1.29, 1.82) is 0 Å². The van der Waals surface area contributed by atoms with Crippen LogP contribution in [0.2, 0.25) is 0 Å². The molecule has 0 aliphatic carbocycles. The molecule has 0 saturated heterocycles. The van der Waals surface area contributed by atoms with Gasteiger partial charge in [-0.1, -0.05) is 36.4 Å². The monoisotopic (exact) mass is 445 g/mol. The average Bonchev–Trinajstić information content (AvgIpc) is 3.07. The van der Waals surface area contributed by atoms with Crippen LogP contribution in [0.1, 0.15) is 47.0 Å². The molecule has 7 heteroatoms. The molecule has 4 rings (SSSR count). The Bertz CT molecular complexity index is 1180. The summed E-state index contributed by atoms with van der Waals surface area (Å²) in [6.07, 6.45) is 1.95. The Kier molecular flexibility index (Phi) is 6.18. The summed E-state index contributed by atoms with van der Waals surface area (Å²) in [7, 11) is 0. The van der Waals surface area contributed by atoms with Gasteiger partial charge in [0.05, 0.1) is 23.2 Å². The number of amides is 2. The first-order chi connectivity index (χ1) is 15.5. The molecule has 3 aromatic carbocycles. The maximum absolute atomic E-state index is 12.6. The van der Waals surface area contributed by atoms with Gasteiger partial charge >= 0.3 is 5.97 Å². The number of ether oxygens (including phenoxy) is 1. The SMILES string of the molecule is CSc1ccc(C(=O)COC(=O)c2cccc(CN3C(=O)c4ccccc4C3=O)c2)cc1. The first-order valence-corrected chi connectivity index (χ1v) is 11.1. The van der Waals surface area contributed by atoms with Crippen LogP contribution in [0, 0.1) is 0 Å². The molecule has 32 heavy (non-hydrogen) atoms. The molecule has 160 valence electrons. The maximum Gasteiger partial charge on any atom is 0.338 e. The van der Waals surface area contributed by atoms with E-state index in [1.54, 1.807) is 72.4 Å². The lowest BCUT2D eigenvalue weighted by Crippen LogP contribution is -2.29. The van der Waals surface area contributed by atoms with Crippen molar-refractivity contribution in [1.82, 2.24) is 4.90 Å². The zero-order valence-electron chi connectivity index (χ0n) is 17.2. The van der Waals surface area contributed by atoms with Crippen molar-refractivity contribution in [2.45, 2.75) is 11.4 Å². The molecule has 0 aromatic heterocycles. The lowest BCUT2D eigenvalue weighted by atomic mass is 10.1. The number of esters is 1. The molecule has 3 aromatic rings. The number of thioether (sulfide) groups is 1. The van der Waals surface area contributed by atoms with Crippen LogP contribution in [0.5, 0.6) is 0 Å². The first kappa shape index (κ1) is 21.5. The number of ketones is 1. The van der Waals surface area contributed by atoms with E-state index < -0.39 is 5.97 Å². The molecule has 0 bridgehead atoms. The van der Waals surface area contributed by atoms with Crippen LogP contribution in [0.3, 0.4) is 0 Å². The molecule has 1 heterocycles. The number of nitrogens with zero attached hydrogens (tertiary/aromatic N) is 1. The normalized spacial score (nSPS) is 12.6. The summed E-state index contributed by atoms with van der Waals surface area (Å²) in [6, 6.07) is 20.2. The van der Waals surface area contributed by atoms with E-state index in [2.05, 4.69) is 0 Å². The number of carbonyl (C=O) groups is 4. The molecule has 0 saturated carbocycles. The Morgan fingerprint density at radius 1 is 0.844 bits per heavy atom. The highest BCUT2D eigenvalue weighted by atomic mass is 32.2. The second kappa shape index (κ2) is 9.20. The van der Waals surface area contributed by atoms with E-state index in [0.717, 1.165) is 9.80 Å². The van der Waals surface area contributed by atoms with Gasteiger partial charge < -0.3 is 4.74 Å². The van der Waals surface area contributed by atoms with Crippen molar-refractivity contribution in [3.63, 3.8) is 0 Å². The van der Waals surface area contributed by atoms with E-state index in [-0.39, 0.29) is 36.3 Å². The van der Waals surface area contributed by atoms with Gasteiger partial charge in [0.1, 0.15) is 0 Å². The van der Waals surface area contributed by atoms with Crippen LogP contribution in [0.4, 0.5) is 0 Å². The van der Waals surface area contributed by atoms with Crippen molar-refractivity contribution >= 4 is 35.3 Å². The third-order valence-corrected chi connectivity index (χ3v) is 5.87. The van der Waals surface area contributed by atoms with Crippen molar-refractivity contribution in [2.24, 2.45) is 0 Å². The molecule has 0 atom stereocenters. The molecule has 1 aliphatic rings. The standard InChI is InChI=1S/C25H19NO5S/c1-32-19-11-9-17(10-12-19)22(27)15-31-25(30)18-6-4-5-16(13-18)14-26-23(28)20-7-2-3-8-21(20)24(26)29/h2-13H,14-15H2,1H3. The maximum atomic E-state index is 12.6. The number of imide groups is 1. The van der Waals surface area contributed by atoms with Crippen molar-refractivity contribution in [2.75, 3.05) is 12.9 Å². The van der Waals surface area contributed by atoms with Gasteiger partial charge in [-0.15, -0.1) is 11.8 Å². The fraction of sp³-hybridized carbons (Fsp3) is 0.120. The van der Waals surface area contributed by atoms with Gasteiger partial charge in [0, 0.05) is 10.5 Å². The zero-order valence-corrected chi connectivity index (χ0v) is 18.1. The second-order valence-electron chi connectivity index (χ2n) is 7.17. The fourth-order valence-electron chi connectivity index (χ4n) is 3.44. The molecule has 6 nitrogen and oxygen atoms in total. The molecule has 0 spiro atoms. The lowest BCUT2D eigenvalue weighted by Gasteiger charge is -2.14. The minimum atomic E-state index is -0.650. The lowest BCUT2D eigenvalue weighted by molar-refractivity contribution is 0.0474. The highest BCUT2D eigenvalue weighted by molar-refractivity contribution is 7.98. The summed E-state index contributed by atoms with van der Waals surface area (Å²) in [4.78, 5) is 52.0. The van der Waals surface area contributed by atoms with Crippen molar-refractivity contribution in [3.8, 4) is 0 Å². The largest absolute Gasteiger partial charge is 0.454 e. The molecular formula is C25H19NO5S. The van der Waals surface area contributed by atoms with Crippen molar-refractivity contribution in [3.05, 3.63) is 101 Å². The van der Waals surface area contributed by atoms with Crippen LogP contribution in [-0.4, -0.2) is 41.3 Å². The zero-order chi connectivity index (χ0) is 22.7. The Morgan fingerprint density at radius 2 is 1.50 bits per heavy atom. The minimum Gasteiger partial charge on any atom is -0.454 e. The van der Waals surface area contributed by atoms with Crippen LogP contribution < -0.4 is 0 Å². The van der Waals surface area contributed by atoms with E-state index in [1.807, 2.05) is 18.4 Å². The van der Waals surface area contributed by atoms with Gasteiger partial charge in [-0.2, -0.15) is 0 Å². The predicted octanol–water partition coefficient (Wildman–Crippen LogP) is 4.24. The molecule has 0 fully saturated rings. The summed E-state index contributed by atoms with van der Waals surface area (Å²) in [6.45, 7) is -0.339. The highest BCUT2D eigenvalue weighted by Crippen LogP contribution is 2.24. The van der Waals surface area contributed by atoms with Crippen LogP contribution in [0.15, 0.2) is 77.7 Å². The number of fused-ring (bicyclic) bond motifs is 1. The molecule has 2 amide bonds. The van der Waals surface area contributed by atoms with Crippen LogP contribution in [0.25, 0.3) is 0 Å². The Labute approximate surface area is 189 Å². The molecule has 1 aliphatic heterocycles. The summed E-state index contributed by atoms with van der Waals surface area (Å²) >= 11 is 1.57. The van der Waals surface area contributed by atoms with E-state index >= 15 is 0 Å². The topological polar surface area (TPSA) is 80.8 Å². The van der Waals surface area contributed by atoms with E-state index in [4.69, 9.17) is 4.74 Å². The van der Waals surface area contributed by atoms with E-state index in [1.165, 1.54) is 0 Å². The number of Topliss-reactive ketones (excluding diaryl/α,β-unsaturated/α-hetero) is 1. The second-order valence-corrected chi connectivity index (χ2v) is 8.05. The van der Waals surface area contributed by atoms with Gasteiger partial charge in [0.25, 0.3) is 11.8 Å². The Morgan fingerprint density at radius 3 is 2.12 bits per heavy atom. The number of carbonyl (C=O) groups excluding carboxylic acids is 4. The Balaban J connectivity index is 1.40. The van der Waals surface area contributed by atoms with Gasteiger partial charge in [0.15, 0.2) is 12.4 Å². The van der Waals surface area contributed by atoms with Crippen LogP contribution in [-0.2, 0) is 11.3 Å². The number of benzene rings is 3. The number of rotatable bonds is 7. The summed E-state index contributed by atoms with van der Waals surface area (Å²) in [5, 5.41) is 0. The van der Waals surface area contributed by atoms with Crippen molar-refractivity contribution < 1.29 is 23.9 Å². The fourth-order valence-corrected chi connectivity index (χ4v) is 3.84. The Hall–Kier alpha value is -3.71. The van der Waals surface area contributed by atoms with Gasteiger partial charge in [-0.05, 0) is 48.2 Å². The quantitative estimate of drug-likeness (QED) is 0.234. The highest BCUT2D eigenvalue weighted by Gasteiger charge is 2.35. The molecular weight excluding hydrogens is 426 g/mol. The smallest absolute Gasteiger partial charge is 0.338 e. The minimum absolute atomic E-state index is 0.0359. The molecule has 0 unspecified atom stereocenters. The predicted molar refractivity (Wildman–Crippen MR) is 120 cm³/mol. The summed E-state index contributed by atoms with van der Waals surface area (Å²) in [5.41, 5.74) is 2.06. The first-order valence-electron chi connectivity index (χ1n) is 9.86. The third-order valence-electron chi connectivity index (χ3n) is 5.13. The third kappa shape index (κ3) is 4.33. The van der Waals surface area contributed by atoms with E-state index in [0.29, 0.717) is 22.3 Å². The average molecular weight is 445 g/mol. The van der Waals surface area contributed by atoms with Crippen LogP contribution >= 0.6 is 11.8 Å².